The van der Waals surface area contributed by atoms with E-state index < -0.39 is 0 Å². The van der Waals surface area contributed by atoms with Gasteiger partial charge in [-0.3, -0.25) is 9.59 Å². The Bertz CT molecular complexity index is 948. The lowest BCUT2D eigenvalue weighted by Crippen LogP contribution is -2.38. The quantitative estimate of drug-likeness (QED) is 0.775. The van der Waals surface area contributed by atoms with Crippen LogP contribution >= 0.6 is 0 Å². The van der Waals surface area contributed by atoms with Gasteiger partial charge in [0.05, 0.1) is 6.04 Å². The molecule has 0 unspecified atom stereocenters. The number of hydrogen-bond donors (Lipinski definition) is 1. The van der Waals surface area contributed by atoms with Gasteiger partial charge in [-0.1, -0.05) is 36.2 Å². The maximum absolute atomic E-state index is 13.1. The highest BCUT2D eigenvalue weighted by molar-refractivity contribution is 5.97. The molecule has 1 N–H and O–H groups in total. The Hall–Kier alpha value is -2.96. The molecule has 25 heavy (non-hydrogen) atoms. The Kier molecular flexibility index (Phi) is 4.05. The Balaban J connectivity index is 1.75. The molecule has 7 heteroatoms. The van der Waals surface area contributed by atoms with E-state index in [1.165, 1.54) is 6.39 Å². The van der Waals surface area contributed by atoms with Crippen molar-refractivity contribution in [1.29, 1.82) is 0 Å². The lowest BCUT2D eigenvalue weighted by Gasteiger charge is -2.27. The van der Waals surface area contributed by atoms with Crippen LogP contribution in [-0.4, -0.2) is 32.5 Å². The molecule has 1 amide bonds. The summed E-state index contributed by atoms with van der Waals surface area (Å²) in [5.74, 6) is 0.205. The molecule has 2 aromatic heterocycles. The highest BCUT2D eigenvalue weighted by atomic mass is 16.5. The van der Waals surface area contributed by atoms with E-state index in [-0.39, 0.29) is 23.1 Å². The fourth-order valence-corrected chi connectivity index (χ4v) is 3.41. The van der Waals surface area contributed by atoms with Crippen molar-refractivity contribution in [3.8, 4) is 0 Å². The maximum Gasteiger partial charge on any atom is 0.261 e. The summed E-state index contributed by atoms with van der Waals surface area (Å²) in [6.45, 7) is 0.574. The van der Waals surface area contributed by atoms with Gasteiger partial charge in [0.1, 0.15) is 5.56 Å². The van der Waals surface area contributed by atoms with Crippen molar-refractivity contribution < 1.29 is 9.32 Å². The van der Waals surface area contributed by atoms with E-state index in [1.54, 1.807) is 11.0 Å². The standard InChI is InChI=1S/C18H18N4O3/c23-17-13(10-12-6-3-4-7-14(12)20-17)18(24)22-9-5-1-2-8-15(22)16-19-11-25-21-16/h3-4,6-7,10-11,15H,1-2,5,8-9H2,(H,20,23)/t15-/m0/s1. The summed E-state index contributed by atoms with van der Waals surface area (Å²) in [6.07, 6.45) is 4.94. The molecule has 1 aromatic carbocycles. The van der Waals surface area contributed by atoms with Gasteiger partial charge in [-0.25, -0.2) is 0 Å². The molecule has 3 aromatic rings. The van der Waals surface area contributed by atoms with Gasteiger partial charge in [-0.05, 0) is 30.4 Å². The van der Waals surface area contributed by atoms with Gasteiger partial charge in [-0.15, -0.1) is 0 Å². The van der Waals surface area contributed by atoms with E-state index in [0.717, 1.165) is 36.6 Å². The summed E-state index contributed by atoms with van der Waals surface area (Å²) in [5, 5.41) is 4.74. The van der Waals surface area contributed by atoms with Crippen LogP contribution in [-0.2, 0) is 0 Å². The number of para-hydroxylation sites is 1. The minimum absolute atomic E-state index is 0.147. The first kappa shape index (κ1) is 15.6. The molecule has 1 saturated heterocycles. The minimum atomic E-state index is -0.375. The first-order valence-electron chi connectivity index (χ1n) is 8.43. The van der Waals surface area contributed by atoms with E-state index in [2.05, 4.69) is 15.1 Å². The number of likely N-dealkylation sites (tertiary alicyclic amines) is 1. The molecule has 7 nitrogen and oxygen atoms in total. The number of rotatable bonds is 2. The third kappa shape index (κ3) is 2.93. The molecule has 0 aliphatic carbocycles. The highest BCUT2D eigenvalue weighted by Crippen LogP contribution is 2.29. The lowest BCUT2D eigenvalue weighted by molar-refractivity contribution is 0.0668. The number of fused-ring (bicyclic) bond motifs is 1. The molecule has 0 radical (unpaired) electrons. The Morgan fingerprint density at radius 2 is 2.12 bits per heavy atom. The van der Waals surface area contributed by atoms with Crippen molar-refractivity contribution in [3.05, 3.63) is 58.5 Å². The number of carbonyl (C=O) groups excluding carboxylic acids is 1. The number of pyridine rings is 1. The average molecular weight is 338 g/mol. The highest BCUT2D eigenvalue weighted by Gasteiger charge is 2.31. The molecule has 1 aliphatic rings. The zero-order valence-electron chi connectivity index (χ0n) is 13.6. The summed E-state index contributed by atoms with van der Waals surface area (Å²) in [7, 11) is 0. The van der Waals surface area contributed by atoms with Crippen LogP contribution in [0.3, 0.4) is 0 Å². The van der Waals surface area contributed by atoms with Crippen molar-refractivity contribution in [3.63, 3.8) is 0 Å². The Labute approximate surface area is 143 Å². The monoisotopic (exact) mass is 338 g/mol. The fraction of sp³-hybridized carbons (Fsp3) is 0.333. The van der Waals surface area contributed by atoms with Crippen molar-refractivity contribution in [2.75, 3.05) is 6.54 Å². The summed E-state index contributed by atoms with van der Waals surface area (Å²) in [4.78, 5) is 34.2. The first-order valence-corrected chi connectivity index (χ1v) is 8.43. The van der Waals surface area contributed by atoms with Crippen LogP contribution in [0.5, 0.6) is 0 Å². The molecule has 4 rings (SSSR count). The number of benzene rings is 1. The average Bonchev–Trinajstić information content (AvgIpc) is 3.05. The minimum Gasteiger partial charge on any atom is -0.343 e. The zero-order chi connectivity index (χ0) is 17.2. The molecular weight excluding hydrogens is 320 g/mol. The van der Waals surface area contributed by atoms with Crippen molar-refractivity contribution in [2.24, 2.45) is 0 Å². The summed E-state index contributed by atoms with van der Waals surface area (Å²) in [5.41, 5.74) is 0.489. The van der Waals surface area contributed by atoms with E-state index in [4.69, 9.17) is 4.52 Å². The topological polar surface area (TPSA) is 92.1 Å². The Morgan fingerprint density at radius 1 is 1.24 bits per heavy atom. The normalized spacial score (nSPS) is 18.2. The number of nitrogens with one attached hydrogen (secondary N) is 1. The first-order chi connectivity index (χ1) is 12.2. The number of hydrogen-bond acceptors (Lipinski definition) is 5. The molecule has 0 bridgehead atoms. The number of amides is 1. The van der Waals surface area contributed by atoms with Crippen LogP contribution < -0.4 is 5.56 Å². The van der Waals surface area contributed by atoms with E-state index in [9.17, 15) is 9.59 Å². The SMILES string of the molecule is O=C(c1cc2ccccc2[nH]c1=O)N1CCCCC[C@H]1c1ncon1. The second-order valence-corrected chi connectivity index (χ2v) is 6.25. The number of aromatic nitrogens is 3. The van der Waals surface area contributed by atoms with Crippen LogP contribution in [0.15, 0.2) is 46.0 Å². The van der Waals surface area contributed by atoms with E-state index in [1.807, 2.05) is 24.3 Å². The van der Waals surface area contributed by atoms with Gasteiger partial charge < -0.3 is 14.4 Å². The number of carbonyl (C=O) groups is 1. The third-order valence-corrected chi connectivity index (χ3v) is 4.67. The molecule has 1 fully saturated rings. The largest absolute Gasteiger partial charge is 0.343 e. The summed E-state index contributed by atoms with van der Waals surface area (Å²) in [6, 6.07) is 8.82. The van der Waals surface area contributed by atoms with E-state index in [0.29, 0.717) is 12.4 Å². The van der Waals surface area contributed by atoms with Gasteiger partial charge in [0.15, 0.2) is 5.82 Å². The van der Waals surface area contributed by atoms with Crippen molar-refractivity contribution >= 4 is 16.8 Å². The third-order valence-electron chi connectivity index (χ3n) is 4.67. The van der Waals surface area contributed by atoms with Crippen LogP contribution in [0.4, 0.5) is 0 Å². The smallest absolute Gasteiger partial charge is 0.261 e. The molecule has 1 atom stereocenters. The number of H-pyrrole nitrogens is 1. The summed E-state index contributed by atoms with van der Waals surface area (Å²) >= 11 is 0. The van der Waals surface area contributed by atoms with Crippen molar-refractivity contribution in [2.45, 2.75) is 31.7 Å². The molecule has 3 heterocycles. The number of nitrogens with zero attached hydrogens (tertiary/aromatic N) is 3. The zero-order valence-corrected chi connectivity index (χ0v) is 13.6. The van der Waals surface area contributed by atoms with Gasteiger partial charge >= 0.3 is 0 Å². The van der Waals surface area contributed by atoms with Crippen LogP contribution in [0.25, 0.3) is 10.9 Å². The van der Waals surface area contributed by atoms with Crippen LogP contribution in [0.1, 0.15) is 47.9 Å². The second-order valence-electron chi connectivity index (χ2n) is 6.25. The van der Waals surface area contributed by atoms with Gasteiger partial charge in [0.25, 0.3) is 11.5 Å². The van der Waals surface area contributed by atoms with Crippen molar-refractivity contribution in [1.82, 2.24) is 20.0 Å². The Morgan fingerprint density at radius 3 is 2.96 bits per heavy atom. The summed E-state index contributed by atoms with van der Waals surface area (Å²) < 4.78 is 4.86. The fourth-order valence-electron chi connectivity index (χ4n) is 3.41. The molecular formula is C18H18N4O3. The van der Waals surface area contributed by atoms with Gasteiger partial charge in [0.2, 0.25) is 6.39 Å². The predicted octanol–water partition coefficient (Wildman–Crippen LogP) is 2.67. The molecule has 1 aliphatic heterocycles. The predicted molar refractivity (Wildman–Crippen MR) is 91.1 cm³/mol. The van der Waals surface area contributed by atoms with E-state index >= 15 is 0 Å². The molecule has 0 spiro atoms. The van der Waals surface area contributed by atoms with Gasteiger partial charge in [-0.2, -0.15) is 4.98 Å². The molecule has 0 saturated carbocycles. The lowest BCUT2D eigenvalue weighted by atomic mass is 10.1. The van der Waals surface area contributed by atoms with Crippen LogP contribution in [0.2, 0.25) is 0 Å². The second kappa shape index (κ2) is 6.51. The van der Waals surface area contributed by atoms with Crippen LogP contribution in [0, 0.1) is 0 Å². The maximum atomic E-state index is 13.1. The molecule has 128 valence electrons. The number of aromatic amines is 1. The van der Waals surface area contributed by atoms with Gasteiger partial charge in [0, 0.05) is 12.1 Å².